The van der Waals surface area contributed by atoms with Gasteiger partial charge in [0, 0.05) is 29.8 Å². The number of nitrogens with zero attached hydrogens (tertiary/aromatic N) is 1. The van der Waals surface area contributed by atoms with Crippen LogP contribution in [0, 0.1) is 21.3 Å². The van der Waals surface area contributed by atoms with E-state index in [1.54, 1.807) is 0 Å². The van der Waals surface area contributed by atoms with Crippen LogP contribution in [-0.2, 0) is 0 Å². The van der Waals surface area contributed by atoms with Gasteiger partial charge in [-0.05, 0) is 12.5 Å². The van der Waals surface area contributed by atoms with E-state index >= 15 is 0 Å². The lowest BCUT2D eigenvalue weighted by molar-refractivity contribution is -0.387. The molecular formula is C12H17FN2O3. The molecule has 0 saturated heterocycles. The fourth-order valence-electron chi connectivity index (χ4n) is 1.37. The van der Waals surface area contributed by atoms with Gasteiger partial charge >= 0.3 is 5.69 Å². The van der Waals surface area contributed by atoms with E-state index in [9.17, 15) is 19.6 Å². The summed E-state index contributed by atoms with van der Waals surface area (Å²) in [6.07, 6.45) is 0.770. The average Bonchev–Trinajstić information content (AvgIpc) is 2.35. The van der Waals surface area contributed by atoms with Crippen molar-refractivity contribution in [1.82, 2.24) is 0 Å². The third kappa shape index (κ3) is 3.40. The minimum absolute atomic E-state index is 0.0198. The van der Waals surface area contributed by atoms with E-state index < -0.39 is 16.4 Å². The van der Waals surface area contributed by atoms with Crippen LogP contribution in [-0.4, -0.2) is 23.2 Å². The molecule has 0 aromatic heterocycles. The maximum absolute atomic E-state index is 13.4. The molecule has 6 heteroatoms. The molecular weight excluding hydrogens is 239 g/mol. The molecule has 1 aromatic rings. The van der Waals surface area contributed by atoms with Gasteiger partial charge in [-0.1, -0.05) is 13.8 Å². The van der Waals surface area contributed by atoms with Crippen molar-refractivity contribution in [2.24, 2.45) is 5.41 Å². The van der Waals surface area contributed by atoms with E-state index in [-0.39, 0.29) is 12.0 Å². The zero-order valence-corrected chi connectivity index (χ0v) is 10.4. The Labute approximate surface area is 105 Å². The number of rotatable bonds is 6. The Morgan fingerprint density at radius 2 is 2.22 bits per heavy atom. The van der Waals surface area contributed by atoms with Crippen LogP contribution in [0.25, 0.3) is 0 Å². The normalized spacial score (nSPS) is 14.0. The number of halogens is 1. The topological polar surface area (TPSA) is 75.4 Å². The van der Waals surface area contributed by atoms with Gasteiger partial charge in [0.2, 0.25) is 5.82 Å². The van der Waals surface area contributed by atoms with Gasteiger partial charge in [0.1, 0.15) is 0 Å². The lowest BCUT2D eigenvalue weighted by Crippen LogP contribution is -2.29. The van der Waals surface area contributed by atoms with Crippen molar-refractivity contribution in [3.63, 3.8) is 0 Å². The largest absolute Gasteiger partial charge is 0.396 e. The summed E-state index contributed by atoms with van der Waals surface area (Å²) in [6.45, 7) is 4.35. The van der Waals surface area contributed by atoms with Gasteiger partial charge in [0.25, 0.3) is 0 Å². The fourth-order valence-corrected chi connectivity index (χ4v) is 1.37. The zero-order valence-electron chi connectivity index (χ0n) is 10.4. The summed E-state index contributed by atoms with van der Waals surface area (Å²) in [5, 5.41) is 22.7. The molecule has 0 spiro atoms. The second kappa shape index (κ2) is 5.77. The highest BCUT2D eigenvalue weighted by atomic mass is 19.1. The van der Waals surface area contributed by atoms with E-state index in [0.717, 1.165) is 18.6 Å². The van der Waals surface area contributed by atoms with E-state index in [1.165, 1.54) is 6.07 Å². The minimum Gasteiger partial charge on any atom is -0.396 e. The molecule has 0 aliphatic heterocycles. The van der Waals surface area contributed by atoms with Crippen molar-refractivity contribution in [3.8, 4) is 0 Å². The molecule has 18 heavy (non-hydrogen) atoms. The molecule has 0 saturated carbocycles. The first-order chi connectivity index (χ1) is 8.41. The van der Waals surface area contributed by atoms with Crippen LogP contribution in [0.4, 0.5) is 15.8 Å². The first-order valence-corrected chi connectivity index (χ1v) is 5.70. The summed E-state index contributed by atoms with van der Waals surface area (Å²) < 4.78 is 13.4. The Kier molecular flexibility index (Phi) is 4.61. The molecule has 0 radical (unpaired) electrons. The summed E-state index contributed by atoms with van der Waals surface area (Å²) in [5.41, 5.74) is -0.370. The third-order valence-electron chi connectivity index (χ3n) is 3.10. The number of aliphatic hydroxyl groups excluding tert-OH is 1. The van der Waals surface area contributed by atoms with Gasteiger partial charge in [0.05, 0.1) is 11.5 Å². The van der Waals surface area contributed by atoms with Crippen LogP contribution in [0.2, 0.25) is 0 Å². The van der Waals surface area contributed by atoms with Crippen LogP contribution in [0.5, 0.6) is 0 Å². The van der Waals surface area contributed by atoms with E-state index in [0.29, 0.717) is 12.2 Å². The number of aliphatic hydroxyl groups is 1. The molecule has 100 valence electrons. The average molecular weight is 256 g/mol. The van der Waals surface area contributed by atoms with Crippen molar-refractivity contribution < 1.29 is 14.4 Å². The first kappa shape index (κ1) is 14.4. The Hall–Kier alpha value is -1.69. The number of nitro benzene ring substituents is 1. The first-order valence-electron chi connectivity index (χ1n) is 5.70. The molecule has 1 aromatic carbocycles. The highest BCUT2D eigenvalue weighted by molar-refractivity contribution is 5.49. The molecule has 1 unspecified atom stereocenters. The molecule has 1 atom stereocenters. The second-order valence-corrected chi connectivity index (χ2v) is 4.60. The van der Waals surface area contributed by atoms with Crippen molar-refractivity contribution in [2.75, 3.05) is 18.5 Å². The smallest absolute Gasteiger partial charge is 0.304 e. The van der Waals surface area contributed by atoms with E-state index in [2.05, 4.69) is 5.32 Å². The van der Waals surface area contributed by atoms with Crippen molar-refractivity contribution in [1.29, 1.82) is 0 Å². The van der Waals surface area contributed by atoms with Gasteiger partial charge in [-0.2, -0.15) is 4.39 Å². The van der Waals surface area contributed by atoms with Crippen LogP contribution in [0.1, 0.15) is 20.3 Å². The predicted molar refractivity (Wildman–Crippen MR) is 67.0 cm³/mol. The Morgan fingerprint density at radius 3 is 2.67 bits per heavy atom. The quantitative estimate of drug-likeness (QED) is 0.606. The molecule has 0 aliphatic carbocycles. The minimum atomic E-state index is -0.868. The van der Waals surface area contributed by atoms with Crippen molar-refractivity contribution in [3.05, 3.63) is 34.1 Å². The van der Waals surface area contributed by atoms with Crippen molar-refractivity contribution in [2.45, 2.75) is 20.3 Å². The van der Waals surface area contributed by atoms with Gasteiger partial charge in [-0.25, -0.2) is 0 Å². The second-order valence-electron chi connectivity index (χ2n) is 4.60. The lowest BCUT2D eigenvalue weighted by atomic mass is 9.88. The molecule has 0 bridgehead atoms. The van der Waals surface area contributed by atoms with Gasteiger partial charge in [-0.15, -0.1) is 0 Å². The monoisotopic (exact) mass is 256 g/mol. The Balaban J connectivity index is 2.75. The zero-order chi connectivity index (χ0) is 13.8. The van der Waals surface area contributed by atoms with Gasteiger partial charge in [-0.3, -0.25) is 10.1 Å². The third-order valence-corrected chi connectivity index (χ3v) is 3.10. The van der Waals surface area contributed by atoms with Crippen LogP contribution < -0.4 is 5.32 Å². The van der Waals surface area contributed by atoms with Crippen LogP contribution in [0.3, 0.4) is 0 Å². The number of hydrogen-bond acceptors (Lipinski definition) is 4. The maximum Gasteiger partial charge on any atom is 0.304 e. The summed E-state index contributed by atoms with van der Waals surface area (Å²) >= 11 is 0. The Morgan fingerprint density at radius 1 is 1.56 bits per heavy atom. The number of hydrogen-bond donors (Lipinski definition) is 2. The van der Waals surface area contributed by atoms with E-state index in [4.69, 9.17) is 0 Å². The molecule has 5 nitrogen and oxygen atoms in total. The molecule has 0 aliphatic rings. The Bertz CT molecular complexity index is 433. The van der Waals surface area contributed by atoms with Crippen LogP contribution in [0.15, 0.2) is 18.2 Å². The number of anilines is 1. The molecule has 0 amide bonds. The molecule has 1 rings (SSSR count). The van der Waals surface area contributed by atoms with Crippen molar-refractivity contribution >= 4 is 11.4 Å². The number of nitro groups is 1. The van der Waals surface area contributed by atoms with Gasteiger partial charge in [0.15, 0.2) is 0 Å². The highest BCUT2D eigenvalue weighted by Gasteiger charge is 2.21. The summed E-state index contributed by atoms with van der Waals surface area (Å²) in [5.74, 6) is -0.868. The lowest BCUT2D eigenvalue weighted by Gasteiger charge is -2.26. The molecule has 2 N–H and O–H groups in total. The van der Waals surface area contributed by atoms with Gasteiger partial charge < -0.3 is 10.4 Å². The highest BCUT2D eigenvalue weighted by Crippen LogP contribution is 2.24. The molecule has 0 heterocycles. The maximum atomic E-state index is 13.4. The number of nitrogens with one attached hydrogen (secondary N) is 1. The predicted octanol–water partition coefficient (Wildman–Crippen LogP) is 2.55. The standard InChI is InChI=1S/C12H17FN2O3/c1-3-12(2,8-16)7-14-9-4-5-11(15(17)18)10(13)6-9/h4-6,14,16H,3,7-8H2,1-2H3. The SMILES string of the molecule is CCC(C)(CO)CNc1ccc([N+](=O)[O-])c(F)c1. The molecule has 0 fully saturated rings. The van der Waals surface area contributed by atoms with E-state index in [1.807, 2.05) is 13.8 Å². The number of benzene rings is 1. The summed E-state index contributed by atoms with van der Waals surface area (Å²) in [4.78, 5) is 9.69. The summed E-state index contributed by atoms with van der Waals surface area (Å²) in [7, 11) is 0. The summed E-state index contributed by atoms with van der Waals surface area (Å²) in [6, 6.07) is 3.67. The fraction of sp³-hybridized carbons (Fsp3) is 0.500. The van der Waals surface area contributed by atoms with Crippen LogP contribution >= 0.6 is 0 Å².